The molecule has 1 rings (SSSR count). The molecule has 0 aromatic heterocycles. The van der Waals surface area contributed by atoms with Gasteiger partial charge in [-0.05, 0) is 24.8 Å². The lowest BCUT2D eigenvalue weighted by molar-refractivity contribution is 0.680. The molecule has 0 radical (unpaired) electrons. The molecule has 0 heterocycles. The molecule has 0 amide bonds. The molecule has 0 N–H and O–H groups in total. The lowest BCUT2D eigenvalue weighted by atomic mass is 9.96. The van der Waals surface area contributed by atoms with Crippen LogP contribution in [0.4, 0.5) is 0 Å². The minimum absolute atomic E-state index is 0.590. The van der Waals surface area contributed by atoms with Gasteiger partial charge in [-0.1, -0.05) is 49.4 Å². The third-order valence-electron chi connectivity index (χ3n) is 2.23. The summed E-state index contributed by atoms with van der Waals surface area (Å²) in [6.07, 6.45) is 1.11. The summed E-state index contributed by atoms with van der Waals surface area (Å²) >= 11 is 0. The largest absolute Gasteiger partial charge is 0.0999 e. The van der Waals surface area contributed by atoms with E-state index >= 15 is 0 Å². The van der Waals surface area contributed by atoms with Gasteiger partial charge in [-0.15, -0.1) is 0 Å². The summed E-state index contributed by atoms with van der Waals surface area (Å²) in [5, 5.41) is 0. The van der Waals surface area contributed by atoms with Crippen molar-refractivity contribution >= 4 is 0 Å². The fraction of sp³-hybridized carbons (Fsp3) is 0.333. The maximum Gasteiger partial charge on any atom is -0.0197 e. The minimum atomic E-state index is 0.590. The van der Waals surface area contributed by atoms with Gasteiger partial charge in [0.2, 0.25) is 0 Å². The molecule has 0 saturated heterocycles. The Morgan fingerprint density at radius 3 is 2.42 bits per heavy atom. The Labute approximate surface area is 74.9 Å². The lowest BCUT2D eigenvalue weighted by Crippen LogP contribution is -1.99. The van der Waals surface area contributed by atoms with Gasteiger partial charge in [0.1, 0.15) is 0 Å². The van der Waals surface area contributed by atoms with E-state index in [0.717, 1.165) is 6.42 Å². The predicted molar refractivity (Wildman–Crippen MR) is 54.1 cm³/mol. The van der Waals surface area contributed by atoms with Crippen LogP contribution in [0.5, 0.6) is 0 Å². The van der Waals surface area contributed by atoms with Crippen LogP contribution >= 0.6 is 0 Å². The van der Waals surface area contributed by atoms with Crippen molar-refractivity contribution in [2.75, 3.05) is 0 Å². The summed E-state index contributed by atoms with van der Waals surface area (Å²) in [5.41, 5.74) is 2.66. The zero-order valence-electron chi connectivity index (χ0n) is 7.88. The highest BCUT2D eigenvalue weighted by molar-refractivity contribution is 5.16. The Hall–Kier alpha value is -1.04. The number of hydrogen-bond acceptors (Lipinski definition) is 0. The van der Waals surface area contributed by atoms with Crippen LogP contribution in [0.1, 0.15) is 19.4 Å². The van der Waals surface area contributed by atoms with E-state index in [0.29, 0.717) is 5.92 Å². The van der Waals surface area contributed by atoms with Crippen LogP contribution in [0.25, 0.3) is 0 Å². The highest BCUT2D eigenvalue weighted by Crippen LogP contribution is 2.13. The second-order valence-electron chi connectivity index (χ2n) is 3.44. The maximum atomic E-state index is 3.95. The van der Waals surface area contributed by atoms with E-state index in [4.69, 9.17) is 0 Å². The van der Waals surface area contributed by atoms with E-state index in [1.54, 1.807) is 0 Å². The summed E-state index contributed by atoms with van der Waals surface area (Å²) in [5.74, 6) is 0.590. The van der Waals surface area contributed by atoms with E-state index in [2.05, 4.69) is 50.8 Å². The molecule has 0 aliphatic heterocycles. The van der Waals surface area contributed by atoms with Gasteiger partial charge in [-0.2, -0.15) is 0 Å². The molecular formula is C12H16. The normalized spacial score (nSPS) is 12.5. The lowest BCUT2D eigenvalue weighted by Gasteiger charge is -2.10. The zero-order chi connectivity index (χ0) is 8.97. The van der Waals surface area contributed by atoms with Gasteiger partial charge >= 0.3 is 0 Å². The van der Waals surface area contributed by atoms with E-state index in [-0.39, 0.29) is 0 Å². The van der Waals surface area contributed by atoms with Crippen molar-refractivity contribution in [1.29, 1.82) is 0 Å². The summed E-state index contributed by atoms with van der Waals surface area (Å²) in [4.78, 5) is 0. The van der Waals surface area contributed by atoms with Crippen molar-refractivity contribution in [3.63, 3.8) is 0 Å². The summed E-state index contributed by atoms with van der Waals surface area (Å²) in [7, 11) is 0. The molecule has 1 aromatic rings. The summed E-state index contributed by atoms with van der Waals surface area (Å²) < 4.78 is 0. The van der Waals surface area contributed by atoms with Crippen LogP contribution < -0.4 is 0 Å². The molecule has 0 fully saturated rings. The molecule has 0 aliphatic carbocycles. The van der Waals surface area contributed by atoms with Crippen molar-refractivity contribution in [2.24, 2.45) is 5.92 Å². The van der Waals surface area contributed by atoms with Gasteiger partial charge in [0.05, 0.1) is 0 Å². The number of rotatable bonds is 3. The highest BCUT2D eigenvalue weighted by atomic mass is 14.1. The van der Waals surface area contributed by atoms with Crippen molar-refractivity contribution in [3.8, 4) is 0 Å². The number of hydrogen-bond donors (Lipinski definition) is 0. The second-order valence-corrected chi connectivity index (χ2v) is 3.44. The van der Waals surface area contributed by atoms with Crippen LogP contribution in [-0.2, 0) is 6.42 Å². The second kappa shape index (κ2) is 4.10. The molecular weight excluding hydrogens is 144 g/mol. The Bertz CT molecular complexity index is 246. The van der Waals surface area contributed by atoms with Crippen molar-refractivity contribution in [1.82, 2.24) is 0 Å². The molecule has 0 unspecified atom stereocenters. The van der Waals surface area contributed by atoms with Crippen LogP contribution in [0.3, 0.4) is 0 Å². The fourth-order valence-corrected chi connectivity index (χ4v) is 1.14. The van der Waals surface area contributed by atoms with Crippen LogP contribution in [0, 0.1) is 5.92 Å². The van der Waals surface area contributed by atoms with Crippen LogP contribution in [-0.4, -0.2) is 0 Å². The van der Waals surface area contributed by atoms with Gasteiger partial charge in [-0.25, -0.2) is 0 Å². The van der Waals surface area contributed by atoms with Gasteiger partial charge in [0.15, 0.2) is 0 Å². The third kappa shape index (κ3) is 2.54. The molecule has 0 aliphatic rings. The monoisotopic (exact) mass is 160 g/mol. The van der Waals surface area contributed by atoms with Crippen molar-refractivity contribution in [3.05, 3.63) is 48.0 Å². The first-order valence-corrected chi connectivity index (χ1v) is 4.39. The Morgan fingerprint density at radius 1 is 1.33 bits per heavy atom. The minimum Gasteiger partial charge on any atom is -0.0999 e. The summed E-state index contributed by atoms with van der Waals surface area (Å²) in [6.45, 7) is 8.26. The molecule has 0 nitrogen and oxygen atoms in total. The molecule has 1 atom stereocenters. The first-order valence-electron chi connectivity index (χ1n) is 4.39. The molecule has 12 heavy (non-hydrogen) atoms. The SMILES string of the molecule is C=C(C)[C@@H](C)Cc1ccccc1. The van der Waals surface area contributed by atoms with Gasteiger partial charge < -0.3 is 0 Å². The average Bonchev–Trinajstić information content (AvgIpc) is 2.06. The Morgan fingerprint density at radius 2 is 1.92 bits per heavy atom. The fourth-order valence-electron chi connectivity index (χ4n) is 1.14. The zero-order valence-corrected chi connectivity index (χ0v) is 7.88. The average molecular weight is 160 g/mol. The van der Waals surface area contributed by atoms with E-state index in [9.17, 15) is 0 Å². The smallest absolute Gasteiger partial charge is 0.0197 e. The van der Waals surface area contributed by atoms with Crippen LogP contribution in [0.15, 0.2) is 42.5 Å². The molecule has 64 valence electrons. The molecule has 0 spiro atoms. The Kier molecular flexibility index (Phi) is 3.09. The maximum absolute atomic E-state index is 3.95. The number of benzene rings is 1. The predicted octanol–water partition coefficient (Wildman–Crippen LogP) is 3.44. The molecule has 0 bridgehead atoms. The third-order valence-corrected chi connectivity index (χ3v) is 2.23. The topological polar surface area (TPSA) is 0 Å². The highest BCUT2D eigenvalue weighted by Gasteiger charge is 2.02. The van der Waals surface area contributed by atoms with Crippen molar-refractivity contribution < 1.29 is 0 Å². The Balaban J connectivity index is 2.58. The van der Waals surface area contributed by atoms with E-state index < -0.39 is 0 Å². The van der Waals surface area contributed by atoms with Gasteiger partial charge in [0.25, 0.3) is 0 Å². The quantitative estimate of drug-likeness (QED) is 0.594. The van der Waals surface area contributed by atoms with E-state index in [1.807, 2.05) is 0 Å². The van der Waals surface area contributed by atoms with Crippen molar-refractivity contribution in [2.45, 2.75) is 20.3 Å². The molecule has 1 aromatic carbocycles. The van der Waals surface area contributed by atoms with Gasteiger partial charge in [-0.3, -0.25) is 0 Å². The first-order chi connectivity index (χ1) is 5.70. The molecule has 0 saturated carbocycles. The van der Waals surface area contributed by atoms with E-state index in [1.165, 1.54) is 11.1 Å². The van der Waals surface area contributed by atoms with Gasteiger partial charge in [0, 0.05) is 0 Å². The molecule has 0 heteroatoms. The summed E-state index contributed by atoms with van der Waals surface area (Å²) in [6, 6.07) is 10.6. The standard InChI is InChI=1S/C12H16/c1-10(2)11(3)9-12-7-5-4-6-8-12/h4-8,11H,1,9H2,2-3H3/t11-/m0/s1. The van der Waals surface area contributed by atoms with Crippen LogP contribution in [0.2, 0.25) is 0 Å². The number of allylic oxidation sites excluding steroid dienone is 1. The first kappa shape index (κ1) is 9.05.